The molecule has 0 radical (unpaired) electrons. The molecule has 6 nitrogen and oxygen atoms in total. The van der Waals surface area contributed by atoms with Crippen LogP contribution in [0.4, 0.5) is 5.82 Å². The monoisotopic (exact) mass is 299 g/mol. The van der Waals surface area contributed by atoms with Crippen molar-refractivity contribution in [3.05, 3.63) is 31.0 Å². The highest BCUT2D eigenvalue weighted by Gasteiger charge is 2.17. The molecule has 0 spiro atoms. The van der Waals surface area contributed by atoms with Crippen molar-refractivity contribution in [3.63, 3.8) is 0 Å². The van der Waals surface area contributed by atoms with E-state index in [0.29, 0.717) is 25.6 Å². The topological polar surface area (TPSA) is 71.5 Å². The number of hydrogen-bond acceptors (Lipinski definition) is 5. The Kier molecular flexibility index (Phi) is 6.63. The molecular formula is C13H21N3O3S. The molecule has 0 unspecified atom stereocenters. The zero-order valence-corrected chi connectivity index (χ0v) is 12.7. The van der Waals surface area contributed by atoms with E-state index in [0.717, 1.165) is 10.7 Å². The Morgan fingerprint density at radius 2 is 2.15 bits per heavy atom. The Morgan fingerprint density at radius 1 is 1.40 bits per heavy atom. The largest absolute Gasteiger partial charge is 0.379 e. The average molecular weight is 299 g/mol. The van der Waals surface area contributed by atoms with Crippen LogP contribution in [0.1, 0.15) is 6.42 Å². The van der Waals surface area contributed by atoms with Crippen LogP contribution < -0.4 is 5.32 Å². The first-order chi connectivity index (χ1) is 9.48. The van der Waals surface area contributed by atoms with Crippen molar-refractivity contribution in [3.8, 4) is 0 Å². The fraction of sp³-hybridized carbons (Fsp3) is 0.462. The molecule has 1 rings (SSSR count). The van der Waals surface area contributed by atoms with Gasteiger partial charge < -0.3 is 10.1 Å². The SMILES string of the molecule is C=CCCOCCNc1ccc(S(=O)(=O)N(C)C)cn1. The molecule has 0 saturated heterocycles. The van der Waals surface area contributed by atoms with Crippen molar-refractivity contribution >= 4 is 15.8 Å². The first kappa shape index (κ1) is 16.6. The second-order valence-electron chi connectivity index (χ2n) is 4.28. The summed E-state index contributed by atoms with van der Waals surface area (Å²) in [7, 11) is -0.444. The van der Waals surface area contributed by atoms with Gasteiger partial charge in [-0.2, -0.15) is 0 Å². The summed E-state index contributed by atoms with van der Waals surface area (Å²) in [4.78, 5) is 4.25. The molecule has 0 amide bonds. The fourth-order valence-corrected chi connectivity index (χ4v) is 2.22. The number of sulfonamides is 1. The molecule has 0 aromatic carbocycles. The third-order valence-electron chi connectivity index (χ3n) is 2.53. The summed E-state index contributed by atoms with van der Waals surface area (Å²) in [6, 6.07) is 3.17. The predicted octanol–water partition coefficient (Wildman–Crippen LogP) is 1.34. The van der Waals surface area contributed by atoms with Crippen LogP contribution in [0.25, 0.3) is 0 Å². The van der Waals surface area contributed by atoms with Gasteiger partial charge in [0.15, 0.2) is 0 Å². The first-order valence-electron chi connectivity index (χ1n) is 6.29. The van der Waals surface area contributed by atoms with Crippen LogP contribution >= 0.6 is 0 Å². The summed E-state index contributed by atoms with van der Waals surface area (Å²) in [6.07, 6.45) is 3.98. The van der Waals surface area contributed by atoms with E-state index < -0.39 is 10.0 Å². The number of nitrogens with one attached hydrogen (secondary N) is 1. The Balaban J connectivity index is 2.45. The van der Waals surface area contributed by atoms with E-state index in [1.54, 1.807) is 12.1 Å². The normalized spacial score (nSPS) is 11.6. The van der Waals surface area contributed by atoms with Crippen molar-refractivity contribution < 1.29 is 13.2 Å². The lowest BCUT2D eigenvalue weighted by Crippen LogP contribution is -2.22. The smallest absolute Gasteiger partial charge is 0.244 e. The van der Waals surface area contributed by atoms with Gasteiger partial charge in [0.25, 0.3) is 0 Å². The lowest BCUT2D eigenvalue weighted by molar-refractivity contribution is 0.149. The van der Waals surface area contributed by atoms with Crippen LogP contribution in [0, 0.1) is 0 Å². The van der Waals surface area contributed by atoms with Gasteiger partial charge in [0.2, 0.25) is 10.0 Å². The van der Waals surface area contributed by atoms with Crippen molar-refractivity contribution in [1.82, 2.24) is 9.29 Å². The summed E-state index contributed by atoms with van der Waals surface area (Å²) in [5.74, 6) is 0.620. The number of pyridine rings is 1. The highest BCUT2D eigenvalue weighted by atomic mass is 32.2. The highest BCUT2D eigenvalue weighted by Crippen LogP contribution is 2.13. The van der Waals surface area contributed by atoms with E-state index in [4.69, 9.17) is 4.74 Å². The highest BCUT2D eigenvalue weighted by molar-refractivity contribution is 7.89. The summed E-state index contributed by atoms with van der Waals surface area (Å²) < 4.78 is 30.2. The van der Waals surface area contributed by atoms with Crippen LogP contribution in [-0.4, -0.2) is 51.6 Å². The number of hydrogen-bond donors (Lipinski definition) is 1. The van der Waals surface area contributed by atoms with E-state index in [-0.39, 0.29) is 4.90 Å². The molecule has 0 aliphatic heterocycles. The molecule has 1 N–H and O–H groups in total. The van der Waals surface area contributed by atoms with Gasteiger partial charge in [-0.25, -0.2) is 17.7 Å². The third-order valence-corrected chi connectivity index (χ3v) is 4.33. The van der Waals surface area contributed by atoms with Crippen molar-refractivity contribution in [2.24, 2.45) is 0 Å². The Bertz CT molecular complexity index is 512. The Hall–Kier alpha value is -1.44. The summed E-state index contributed by atoms with van der Waals surface area (Å²) in [5.41, 5.74) is 0. The van der Waals surface area contributed by atoms with Gasteiger partial charge in [-0.05, 0) is 18.6 Å². The van der Waals surface area contributed by atoms with Crippen LogP contribution in [0.3, 0.4) is 0 Å². The maximum Gasteiger partial charge on any atom is 0.244 e. The molecule has 0 saturated carbocycles. The van der Waals surface area contributed by atoms with Crippen LogP contribution in [0.15, 0.2) is 35.9 Å². The zero-order valence-electron chi connectivity index (χ0n) is 11.9. The molecule has 112 valence electrons. The van der Waals surface area contributed by atoms with Gasteiger partial charge in [-0.15, -0.1) is 6.58 Å². The Morgan fingerprint density at radius 3 is 2.70 bits per heavy atom. The van der Waals surface area contributed by atoms with Crippen LogP contribution in [-0.2, 0) is 14.8 Å². The fourth-order valence-electron chi connectivity index (χ4n) is 1.37. The minimum absolute atomic E-state index is 0.176. The number of anilines is 1. The molecule has 0 atom stereocenters. The van der Waals surface area contributed by atoms with E-state index >= 15 is 0 Å². The lowest BCUT2D eigenvalue weighted by Gasteiger charge is -2.11. The molecule has 7 heteroatoms. The average Bonchev–Trinajstić information content (AvgIpc) is 2.43. The number of ether oxygens (including phenoxy) is 1. The summed E-state index contributed by atoms with van der Waals surface area (Å²) in [6.45, 7) is 5.44. The molecule has 0 aliphatic rings. The number of aromatic nitrogens is 1. The minimum atomic E-state index is -3.42. The van der Waals surface area contributed by atoms with Gasteiger partial charge in [0, 0.05) is 26.8 Å². The molecular weight excluding hydrogens is 278 g/mol. The molecule has 1 aromatic heterocycles. The molecule has 1 heterocycles. The van der Waals surface area contributed by atoms with Gasteiger partial charge in [0.05, 0.1) is 13.2 Å². The van der Waals surface area contributed by atoms with E-state index in [2.05, 4.69) is 16.9 Å². The van der Waals surface area contributed by atoms with Gasteiger partial charge in [0.1, 0.15) is 10.7 Å². The van der Waals surface area contributed by atoms with E-state index in [1.165, 1.54) is 26.4 Å². The number of rotatable bonds is 9. The second kappa shape index (κ2) is 7.98. The summed E-state index contributed by atoms with van der Waals surface area (Å²) >= 11 is 0. The minimum Gasteiger partial charge on any atom is -0.379 e. The molecule has 0 fully saturated rings. The quantitative estimate of drug-likeness (QED) is 0.550. The molecule has 0 bridgehead atoms. The van der Waals surface area contributed by atoms with Crippen LogP contribution in [0.5, 0.6) is 0 Å². The molecule has 1 aromatic rings. The van der Waals surface area contributed by atoms with Crippen molar-refractivity contribution in [1.29, 1.82) is 0 Å². The van der Waals surface area contributed by atoms with Crippen molar-refractivity contribution in [2.45, 2.75) is 11.3 Å². The van der Waals surface area contributed by atoms with E-state index in [1.807, 2.05) is 0 Å². The Labute approximate surface area is 120 Å². The maximum absolute atomic E-state index is 11.8. The summed E-state index contributed by atoms with van der Waals surface area (Å²) in [5, 5.41) is 3.06. The molecule has 20 heavy (non-hydrogen) atoms. The van der Waals surface area contributed by atoms with E-state index in [9.17, 15) is 8.42 Å². The third kappa shape index (κ3) is 4.92. The van der Waals surface area contributed by atoms with Gasteiger partial charge >= 0.3 is 0 Å². The second-order valence-corrected chi connectivity index (χ2v) is 6.43. The first-order valence-corrected chi connectivity index (χ1v) is 7.73. The predicted molar refractivity (Wildman–Crippen MR) is 79.2 cm³/mol. The van der Waals surface area contributed by atoms with Gasteiger partial charge in [-0.1, -0.05) is 6.08 Å². The zero-order chi connectivity index (χ0) is 15.0. The lowest BCUT2D eigenvalue weighted by atomic mass is 10.4. The maximum atomic E-state index is 11.8. The van der Waals surface area contributed by atoms with Crippen LogP contribution in [0.2, 0.25) is 0 Å². The van der Waals surface area contributed by atoms with Gasteiger partial charge in [-0.3, -0.25) is 0 Å². The number of nitrogens with zero attached hydrogens (tertiary/aromatic N) is 2. The standard InChI is InChI=1S/C13H21N3O3S/c1-4-5-9-19-10-8-14-13-7-6-12(11-15-13)20(17,18)16(2)3/h4,6-7,11H,1,5,8-10H2,2-3H3,(H,14,15). The van der Waals surface area contributed by atoms with Crippen molar-refractivity contribution in [2.75, 3.05) is 39.2 Å². The molecule has 0 aliphatic carbocycles.